The van der Waals surface area contributed by atoms with Crippen LogP contribution in [0.25, 0.3) is 10.9 Å². The maximum Gasteiger partial charge on any atom is 0.339 e. The third-order valence-corrected chi connectivity index (χ3v) is 4.11. The fraction of sp³-hybridized carbons (Fsp3) is 0.412. The molecule has 3 rings (SSSR count). The number of hydrogen-bond donors (Lipinski definition) is 1. The van der Waals surface area contributed by atoms with Crippen LogP contribution in [0.2, 0.25) is 0 Å². The van der Waals surface area contributed by atoms with Crippen molar-refractivity contribution in [2.75, 3.05) is 45.0 Å². The summed E-state index contributed by atoms with van der Waals surface area (Å²) in [5, 5.41) is 14.4. The molecule has 7 heteroatoms. The first-order valence-electron chi connectivity index (χ1n) is 7.96. The number of carboxylic acid groups (broad SMARTS) is 1. The number of hydrazine groups is 1. The number of pyridine rings is 1. The number of benzene rings is 1. The minimum Gasteiger partial charge on any atom is -0.497 e. The number of ether oxygens (including phenoxy) is 2. The molecule has 24 heavy (non-hydrogen) atoms. The van der Waals surface area contributed by atoms with Gasteiger partial charge in [-0.2, -0.15) is 0 Å². The topological polar surface area (TPSA) is 75.1 Å². The van der Waals surface area contributed by atoms with Gasteiger partial charge in [0.2, 0.25) is 0 Å². The van der Waals surface area contributed by atoms with Crippen LogP contribution in [0.4, 0.5) is 5.82 Å². The maximum absolute atomic E-state index is 11.8. The van der Waals surface area contributed by atoms with Gasteiger partial charge in [-0.05, 0) is 25.1 Å². The molecular formula is C17H21N3O4. The van der Waals surface area contributed by atoms with E-state index in [0.717, 1.165) is 5.39 Å². The highest BCUT2D eigenvalue weighted by Gasteiger charge is 2.24. The Labute approximate surface area is 140 Å². The molecule has 1 aromatic heterocycles. The van der Waals surface area contributed by atoms with Crippen LogP contribution in [0, 0.1) is 0 Å². The molecule has 1 N–H and O–H groups in total. The third kappa shape index (κ3) is 3.13. The number of carboxylic acids is 1. The van der Waals surface area contributed by atoms with Crippen molar-refractivity contribution in [3.63, 3.8) is 0 Å². The molecule has 0 unspecified atom stereocenters. The van der Waals surface area contributed by atoms with Crippen molar-refractivity contribution in [1.82, 2.24) is 9.99 Å². The second-order valence-electron chi connectivity index (χ2n) is 5.51. The Hall–Kier alpha value is -2.38. The normalized spacial score (nSPS) is 15.4. The van der Waals surface area contributed by atoms with Crippen LogP contribution in [0.15, 0.2) is 24.3 Å². The number of carbonyl (C=O) groups is 1. The summed E-state index contributed by atoms with van der Waals surface area (Å²) in [7, 11) is 1.60. The van der Waals surface area contributed by atoms with E-state index in [4.69, 9.17) is 9.47 Å². The molecule has 2 heterocycles. The summed E-state index contributed by atoms with van der Waals surface area (Å²) in [6, 6.07) is 7.11. The SMILES string of the molecule is CCN(c1nc2cc(OC)ccc2cc1C(=O)O)N1CCOCC1. The molecule has 128 valence electrons. The van der Waals surface area contributed by atoms with E-state index in [1.54, 1.807) is 19.2 Å². The van der Waals surface area contributed by atoms with E-state index in [2.05, 4.69) is 9.99 Å². The highest BCUT2D eigenvalue weighted by Crippen LogP contribution is 2.27. The number of methoxy groups -OCH3 is 1. The summed E-state index contributed by atoms with van der Waals surface area (Å²) in [5.74, 6) is 0.160. The lowest BCUT2D eigenvalue weighted by atomic mass is 10.1. The minimum absolute atomic E-state index is 0.195. The molecule has 0 radical (unpaired) electrons. The number of fused-ring (bicyclic) bond motifs is 1. The first-order chi connectivity index (χ1) is 11.6. The van der Waals surface area contributed by atoms with Gasteiger partial charge in [-0.15, -0.1) is 0 Å². The molecule has 1 aromatic carbocycles. The molecule has 1 saturated heterocycles. The van der Waals surface area contributed by atoms with Crippen LogP contribution in [-0.2, 0) is 4.74 Å². The highest BCUT2D eigenvalue weighted by atomic mass is 16.5. The first kappa shape index (κ1) is 16.5. The summed E-state index contributed by atoms with van der Waals surface area (Å²) in [4.78, 5) is 16.4. The number of anilines is 1. The standard InChI is InChI=1S/C17H21N3O4/c1-3-20(19-6-8-24-9-7-19)16-14(17(21)22)10-12-4-5-13(23-2)11-15(12)18-16/h4-5,10-11H,3,6-9H2,1-2H3,(H,21,22). The molecule has 0 atom stereocenters. The van der Waals surface area contributed by atoms with Crippen LogP contribution in [0.5, 0.6) is 5.75 Å². The van der Waals surface area contributed by atoms with Gasteiger partial charge in [-0.3, -0.25) is 5.01 Å². The van der Waals surface area contributed by atoms with Crippen molar-refractivity contribution >= 4 is 22.7 Å². The van der Waals surface area contributed by atoms with Gasteiger partial charge in [0.15, 0.2) is 5.82 Å². The van der Waals surface area contributed by atoms with Crippen molar-refractivity contribution in [3.05, 3.63) is 29.8 Å². The molecule has 0 spiro atoms. The Balaban J connectivity index is 2.11. The summed E-state index contributed by atoms with van der Waals surface area (Å²) < 4.78 is 10.6. The number of morpholine rings is 1. The van der Waals surface area contributed by atoms with Gasteiger partial charge in [0.05, 0.1) is 25.8 Å². The zero-order valence-corrected chi connectivity index (χ0v) is 13.9. The van der Waals surface area contributed by atoms with Gasteiger partial charge < -0.3 is 14.6 Å². The molecular weight excluding hydrogens is 310 g/mol. The molecule has 1 fully saturated rings. The van der Waals surface area contributed by atoms with Gasteiger partial charge in [-0.1, -0.05) is 0 Å². The lowest BCUT2D eigenvalue weighted by Crippen LogP contribution is -2.49. The molecule has 1 aliphatic heterocycles. The molecule has 0 saturated carbocycles. The first-order valence-corrected chi connectivity index (χ1v) is 7.96. The summed E-state index contributed by atoms with van der Waals surface area (Å²) >= 11 is 0. The number of hydrogen-bond acceptors (Lipinski definition) is 6. The molecule has 0 aliphatic carbocycles. The molecule has 1 aliphatic rings. The Kier molecular flexibility index (Phi) is 4.82. The van der Waals surface area contributed by atoms with E-state index in [0.29, 0.717) is 49.9 Å². The largest absolute Gasteiger partial charge is 0.497 e. The zero-order chi connectivity index (χ0) is 17.1. The third-order valence-electron chi connectivity index (χ3n) is 4.11. The van der Waals surface area contributed by atoms with E-state index in [1.807, 2.05) is 24.1 Å². The number of nitrogens with zero attached hydrogens (tertiary/aromatic N) is 3. The van der Waals surface area contributed by atoms with Crippen molar-refractivity contribution in [2.45, 2.75) is 6.92 Å². The van der Waals surface area contributed by atoms with E-state index >= 15 is 0 Å². The lowest BCUT2D eigenvalue weighted by Gasteiger charge is -2.38. The van der Waals surface area contributed by atoms with Crippen molar-refractivity contribution in [2.24, 2.45) is 0 Å². The van der Waals surface area contributed by atoms with Gasteiger partial charge in [-0.25, -0.2) is 14.8 Å². The molecule has 0 bridgehead atoms. The maximum atomic E-state index is 11.8. The molecule has 7 nitrogen and oxygen atoms in total. The van der Waals surface area contributed by atoms with Crippen molar-refractivity contribution < 1.29 is 19.4 Å². The van der Waals surface area contributed by atoms with Crippen molar-refractivity contribution in [1.29, 1.82) is 0 Å². The smallest absolute Gasteiger partial charge is 0.339 e. The molecule has 2 aromatic rings. The van der Waals surface area contributed by atoms with E-state index in [1.165, 1.54) is 0 Å². The number of aromatic nitrogens is 1. The van der Waals surface area contributed by atoms with E-state index in [-0.39, 0.29) is 5.56 Å². The fourth-order valence-corrected chi connectivity index (χ4v) is 2.90. The lowest BCUT2D eigenvalue weighted by molar-refractivity contribution is 0.0317. The van der Waals surface area contributed by atoms with E-state index < -0.39 is 5.97 Å². The Bertz CT molecular complexity index is 744. The van der Waals surface area contributed by atoms with Crippen LogP contribution in [0.1, 0.15) is 17.3 Å². The number of rotatable bonds is 5. The summed E-state index contributed by atoms with van der Waals surface area (Å²) in [6.45, 7) is 5.29. The number of aromatic carboxylic acids is 1. The van der Waals surface area contributed by atoms with Crippen molar-refractivity contribution in [3.8, 4) is 5.75 Å². The average molecular weight is 331 g/mol. The highest BCUT2D eigenvalue weighted by molar-refractivity contribution is 5.98. The zero-order valence-electron chi connectivity index (χ0n) is 13.9. The monoisotopic (exact) mass is 331 g/mol. The fourth-order valence-electron chi connectivity index (χ4n) is 2.90. The predicted molar refractivity (Wildman–Crippen MR) is 90.7 cm³/mol. The van der Waals surface area contributed by atoms with Gasteiger partial charge in [0.1, 0.15) is 11.3 Å². The van der Waals surface area contributed by atoms with Crippen LogP contribution in [0.3, 0.4) is 0 Å². The van der Waals surface area contributed by atoms with Gasteiger partial charge in [0.25, 0.3) is 0 Å². The quantitative estimate of drug-likeness (QED) is 0.898. The minimum atomic E-state index is -0.984. The average Bonchev–Trinajstić information content (AvgIpc) is 2.62. The van der Waals surface area contributed by atoms with Crippen LogP contribution in [-0.4, -0.2) is 61.0 Å². The van der Waals surface area contributed by atoms with Crippen LogP contribution >= 0.6 is 0 Å². The van der Waals surface area contributed by atoms with Crippen LogP contribution < -0.4 is 9.75 Å². The predicted octanol–water partition coefficient (Wildman–Crippen LogP) is 2.02. The van der Waals surface area contributed by atoms with E-state index in [9.17, 15) is 9.90 Å². The molecule has 0 amide bonds. The van der Waals surface area contributed by atoms with Gasteiger partial charge in [0, 0.05) is 31.1 Å². The second kappa shape index (κ2) is 7.02. The Morgan fingerprint density at radius 3 is 2.75 bits per heavy atom. The Morgan fingerprint density at radius 2 is 2.12 bits per heavy atom. The summed E-state index contributed by atoms with van der Waals surface area (Å²) in [6.07, 6.45) is 0. The van der Waals surface area contributed by atoms with Gasteiger partial charge >= 0.3 is 5.97 Å². The Morgan fingerprint density at radius 1 is 1.38 bits per heavy atom. The summed E-state index contributed by atoms with van der Waals surface area (Å²) in [5.41, 5.74) is 0.905. The second-order valence-corrected chi connectivity index (χ2v) is 5.51.